The fraction of sp³-hybridized carbons (Fsp3) is 0.278. The van der Waals surface area contributed by atoms with Gasteiger partial charge in [-0.05, 0) is 49.8 Å². The number of rotatable bonds is 6. The van der Waals surface area contributed by atoms with Crippen LogP contribution in [0.15, 0.2) is 48.9 Å². The van der Waals surface area contributed by atoms with Gasteiger partial charge in [0.25, 0.3) is 0 Å². The Labute approximate surface area is 157 Å². The van der Waals surface area contributed by atoms with E-state index in [4.69, 9.17) is 12.2 Å². The SMILES string of the molecule is CCn1nccc1C(C)NC(=S)Nc1cnn(Cc2ccc(F)cc2)c1. The summed E-state index contributed by atoms with van der Waals surface area (Å²) in [4.78, 5) is 0. The van der Waals surface area contributed by atoms with E-state index in [9.17, 15) is 4.39 Å². The zero-order valence-electron chi connectivity index (χ0n) is 14.7. The van der Waals surface area contributed by atoms with E-state index in [1.54, 1.807) is 29.2 Å². The van der Waals surface area contributed by atoms with Gasteiger partial charge in [0.1, 0.15) is 5.82 Å². The van der Waals surface area contributed by atoms with Crippen molar-refractivity contribution >= 4 is 23.0 Å². The van der Waals surface area contributed by atoms with Crippen LogP contribution < -0.4 is 10.6 Å². The molecule has 3 rings (SSSR count). The molecule has 0 bridgehead atoms. The van der Waals surface area contributed by atoms with Gasteiger partial charge in [0, 0.05) is 18.9 Å². The number of aryl methyl sites for hydroxylation is 1. The van der Waals surface area contributed by atoms with E-state index in [0.717, 1.165) is 23.5 Å². The number of anilines is 1. The van der Waals surface area contributed by atoms with Crippen molar-refractivity contribution in [3.63, 3.8) is 0 Å². The lowest BCUT2D eigenvalue weighted by Gasteiger charge is -2.17. The Kier molecular flexibility index (Phi) is 5.62. The topological polar surface area (TPSA) is 59.7 Å². The highest BCUT2D eigenvalue weighted by molar-refractivity contribution is 7.80. The lowest BCUT2D eigenvalue weighted by molar-refractivity contribution is 0.568. The van der Waals surface area contributed by atoms with Crippen LogP contribution >= 0.6 is 12.2 Å². The number of halogens is 1. The van der Waals surface area contributed by atoms with Gasteiger partial charge in [0.2, 0.25) is 0 Å². The van der Waals surface area contributed by atoms with Crippen LogP contribution in [0.3, 0.4) is 0 Å². The van der Waals surface area contributed by atoms with Crippen molar-refractivity contribution in [2.45, 2.75) is 33.0 Å². The van der Waals surface area contributed by atoms with E-state index in [1.807, 2.05) is 23.9 Å². The molecule has 0 aliphatic rings. The minimum absolute atomic E-state index is 0.0340. The zero-order chi connectivity index (χ0) is 18.5. The van der Waals surface area contributed by atoms with Crippen LogP contribution in [0.4, 0.5) is 10.1 Å². The lowest BCUT2D eigenvalue weighted by Crippen LogP contribution is -2.32. The fourth-order valence-electron chi connectivity index (χ4n) is 2.70. The molecule has 3 aromatic rings. The first-order valence-corrected chi connectivity index (χ1v) is 8.82. The summed E-state index contributed by atoms with van der Waals surface area (Å²) in [6, 6.07) is 8.39. The molecule has 0 radical (unpaired) electrons. The molecule has 0 aliphatic heterocycles. The first kappa shape index (κ1) is 18.1. The second-order valence-corrected chi connectivity index (χ2v) is 6.35. The van der Waals surface area contributed by atoms with Crippen molar-refractivity contribution < 1.29 is 4.39 Å². The van der Waals surface area contributed by atoms with Gasteiger partial charge in [-0.25, -0.2) is 4.39 Å². The molecule has 2 aromatic heterocycles. The first-order valence-electron chi connectivity index (χ1n) is 8.41. The van der Waals surface area contributed by atoms with Crippen molar-refractivity contribution in [3.05, 3.63) is 66.0 Å². The average molecular weight is 372 g/mol. The van der Waals surface area contributed by atoms with Crippen LogP contribution in [0.2, 0.25) is 0 Å². The summed E-state index contributed by atoms with van der Waals surface area (Å²) in [6.07, 6.45) is 5.35. The monoisotopic (exact) mass is 372 g/mol. The molecule has 0 spiro atoms. The molecule has 0 amide bonds. The molecule has 0 saturated heterocycles. The number of thiocarbonyl (C=S) groups is 1. The van der Waals surface area contributed by atoms with E-state index < -0.39 is 0 Å². The van der Waals surface area contributed by atoms with E-state index in [1.165, 1.54) is 12.1 Å². The zero-order valence-corrected chi connectivity index (χ0v) is 15.5. The Morgan fingerprint density at radius 3 is 2.73 bits per heavy atom. The molecule has 2 heterocycles. The van der Waals surface area contributed by atoms with Gasteiger partial charge < -0.3 is 10.6 Å². The van der Waals surface area contributed by atoms with Crippen molar-refractivity contribution in [1.29, 1.82) is 0 Å². The predicted octanol–water partition coefficient (Wildman–Crippen LogP) is 3.33. The average Bonchev–Trinajstić information content (AvgIpc) is 3.26. The molecule has 0 fully saturated rings. The number of aromatic nitrogens is 4. The van der Waals surface area contributed by atoms with Crippen LogP contribution in [0.25, 0.3) is 0 Å². The molecule has 0 saturated carbocycles. The summed E-state index contributed by atoms with van der Waals surface area (Å²) >= 11 is 5.39. The smallest absolute Gasteiger partial charge is 0.171 e. The minimum atomic E-state index is -0.244. The van der Waals surface area contributed by atoms with E-state index >= 15 is 0 Å². The molecule has 0 aliphatic carbocycles. The van der Waals surface area contributed by atoms with E-state index in [2.05, 4.69) is 27.8 Å². The number of hydrogen-bond acceptors (Lipinski definition) is 3. The maximum absolute atomic E-state index is 13.0. The lowest BCUT2D eigenvalue weighted by atomic mass is 10.2. The van der Waals surface area contributed by atoms with Gasteiger partial charge in [-0.3, -0.25) is 9.36 Å². The highest BCUT2D eigenvalue weighted by Gasteiger charge is 2.12. The summed E-state index contributed by atoms with van der Waals surface area (Å²) < 4.78 is 16.7. The van der Waals surface area contributed by atoms with E-state index in [-0.39, 0.29) is 11.9 Å². The summed E-state index contributed by atoms with van der Waals surface area (Å²) in [7, 11) is 0. The second kappa shape index (κ2) is 8.09. The predicted molar refractivity (Wildman–Crippen MR) is 103 cm³/mol. The van der Waals surface area contributed by atoms with Crippen LogP contribution in [-0.4, -0.2) is 24.7 Å². The maximum Gasteiger partial charge on any atom is 0.171 e. The number of benzene rings is 1. The van der Waals surface area contributed by atoms with Gasteiger partial charge in [0.15, 0.2) is 5.11 Å². The van der Waals surface area contributed by atoms with Gasteiger partial charge in [0.05, 0.1) is 30.2 Å². The fourth-order valence-corrected chi connectivity index (χ4v) is 3.00. The standard InChI is InChI=1S/C18H21FN6S/c1-3-25-17(8-9-20-25)13(2)22-18(26)23-16-10-21-24(12-16)11-14-4-6-15(19)7-5-14/h4-10,12-13H,3,11H2,1-2H3,(H2,22,23,26). The molecule has 136 valence electrons. The molecule has 6 nitrogen and oxygen atoms in total. The third-order valence-electron chi connectivity index (χ3n) is 3.99. The Balaban J connectivity index is 1.56. The minimum Gasteiger partial charge on any atom is -0.354 e. The molecular formula is C18H21FN6S. The molecule has 2 N–H and O–H groups in total. The third kappa shape index (κ3) is 4.45. The second-order valence-electron chi connectivity index (χ2n) is 5.95. The molecule has 8 heteroatoms. The quantitative estimate of drug-likeness (QED) is 0.650. The molecule has 1 aromatic carbocycles. The van der Waals surface area contributed by atoms with Gasteiger partial charge in [-0.2, -0.15) is 10.2 Å². The van der Waals surface area contributed by atoms with Crippen LogP contribution in [-0.2, 0) is 13.1 Å². The van der Waals surface area contributed by atoms with Gasteiger partial charge >= 0.3 is 0 Å². The maximum atomic E-state index is 13.0. The molecular weight excluding hydrogens is 351 g/mol. The number of nitrogens with one attached hydrogen (secondary N) is 2. The highest BCUT2D eigenvalue weighted by atomic mass is 32.1. The summed E-state index contributed by atoms with van der Waals surface area (Å²) in [6.45, 7) is 5.46. The van der Waals surface area contributed by atoms with Crippen molar-refractivity contribution in [1.82, 2.24) is 24.9 Å². The van der Waals surface area contributed by atoms with Gasteiger partial charge in [-0.15, -0.1) is 0 Å². The number of hydrogen-bond donors (Lipinski definition) is 2. The van der Waals surface area contributed by atoms with Crippen LogP contribution in [0.5, 0.6) is 0 Å². The highest BCUT2D eigenvalue weighted by Crippen LogP contribution is 2.13. The normalized spacial score (nSPS) is 12.0. The van der Waals surface area contributed by atoms with Crippen molar-refractivity contribution in [2.24, 2.45) is 0 Å². The molecule has 1 atom stereocenters. The first-order chi connectivity index (χ1) is 12.5. The Bertz CT molecular complexity index is 870. The van der Waals surface area contributed by atoms with Crippen molar-refractivity contribution in [2.75, 3.05) is 5.32 Å². The largest absolute Gasteiger partial charge is 0.354 e. The van der Waals surface area contributed by atoms with Crippen LogP contribution in [0, 0.1) is 5.82 Å². The van der Waals surface area contributed by atoms with Crippen molar-refractivity contribution in [3.8, 4) is 0 Å². The summed E-state index contributed by atoms with van der Waals surface area (Å²) in [5.74, 6) is -0.244. The Morgan fingerprint density at radius 2 is 2.00 bits per heavy atom. The van der Waals surface area contributed by atoms with Crippen LogP contribution in [0.1, 0.15) is 31.1 Å². The van der Waals surface area contributed by atoms with Gasteiger partial charge in [-0.1, -0.05) is 12.1 Å². The Morgan fingerprint density at radius 1 is 1.23 bits per heavy atom. The molecule has 1 unspecified atom stereocenters. The Hall–Kier alpha value is -2.74. The summed E-state index contributed by atoms with van der Waals surface area (Å²) in [5, 5.41) is 15.5. The molecule has 26 heavy (non-hydrogen) atoms. The summed E-state index contributed by atoms with van der Waals surface area (Å²) in [5.41, 5.74) is 2.84. The third-order valence-corrected chi connectivity index (χ3v) is 4.21. The number of nitrogens with zero attached hydrogens (tertiary/aromatic N) is 4. The van der Waals surface area contributed by atoms with E-state index in [0.29, 0.717) is 11.7 Å².